The predicted molar refractivity (Wildman–Crippen MR) is 80.4 cm³/mol. The van der Waals surface area contributed by atoms with E-state index >= 15 is 0 Å². The average Bonchev–Trinajstić information content (AvgIpc) is 2.39. The van der Waals surface area contributed by atoms with Crippen LogP contribution in [0.15, 0.2) is 48.5 Å². The maximum atomic E-state index is 12.7. The number of nitrogens with one attached hydrogen (secondary N) is 2. The average molecular weight is 301 g/mol. The van der Waals surface area contributed by atoms with Gasteiger partial charge in [-0.25, -0.2) is 9.82 Å². The van der Waals surface area contributed by atoms with Gasteiger partial charge < -0.3 is 5.43 Å². The number of benzene rings is 2. The minimum absolute atomic E-state index is 0. The summed E-state index contributed by atoms with van der Waals surface area (Å²) in [6.07, 6.45) is 0.894. The Bertz CT molecular complexity index is 438. The largest absolute Gasteiger partial charge is 0.321 e. The smallest absolute Gasteiger partial charge is 0.123 e. The highest BCUT2D eigenvalue weighted by molar-refractivity contribution is 6.30. The van der Waals surface area contributed by atoms with Crippen molar-refractivity contribution in [1.29, 1.82) is 0 Å². The van der Waals surface area contributed by atoms with Gasteiger partial charge in [0, 0.05) is 17.3 Å². The van der Waals surface area contributed by atoms with E-state index in [2.05, 4.69) is 10.9 Å². The van der Waals surface area contributed by atoms with Gasteiger partial charge in [0.2, 0.25) is 0 Å². The fourth-order valence-corrected chi connectivity index (χ4v) is 1.68. The minimum Gasteiger partial charge on any atom is -0.321 e. The van der Waals surface area contributed by atoms with Gasteiger partial charge in [-0.1, -0.05) is 23.7 Å². The van der Waals surface area contributed by atoms with Crippen LogP contribution in [0.5, 0.6) is 0 Å². The number of halogens is 3. The Morgan fingerprint density at radius 2 is 1.58 bits per heavy atom. The van der Waals surface area contributed by atoms with Crippen LogP contribution in [0, 0.1) is 5.82 Å². The molecule has 0 aliphatic rings. The molecule has 0 aromatic heterocycles. The van der Waals surface area contributed by atoms with Gasteiger partial charge in [0.1, 0.15) is 5.82 Å². The lowest BCUT2D eigenvalue weighted by Crippen LogP contribution is -2.24. The molecule has 0 aliphatic carbocycles. The first kappa shape index (κ1) is 15.8. The van der Waals surface area contributed by atoms with Crippen LogP contribution in [0.25, 0.3) is 0 Å². The predicted octanol–water partition coefficient (Wildman–Crippen LogP) is 4.06. The van der Waals surface area contributed by atoms with Crippen LogP contribution >= 0.6 is 24.0 Å². The standard InChI is InChI=1S/C14H14ClFN2.ClH/c15-12-3-1-11(2-4-12)9-10-17-18-14-7-5-13(16)6-8-14;/h1-8,17-18H,9-10H2;1H. The van der Waals surface area contributed by atoms with Gasteiger partial charge in [0.25, 0.3) is 0 Å². The summed E-state index contributed by atoms with van der Waals surface area (Å²) in [4.78, 5) is 0. The Hall–Kier alpha value is -1.29. The number of anilines is 1. The number of rotatable bonds is 5. The highest BCUT2D eigenvalue weighted by Gasteiger charge is 1.94. The van der Waals surface area contributed by atoms with Crippen LogP contribution in [-0.2, 0) is 6.42 Å². The van der Waals surface area contributed by atoms with Crippen LogP contribution in [-0.4, -0.2) is 6.54 Å². The van der Waals surface area contributed by atoms with E-state index in [4.69, 9.17) is 11.6 Å². The molecule has 2 rings (SSSR count). The molecule has 102 valence electrons. The second-order valence-electron chi connectivity index (χ2n) is 3.94. The van der Waals surface area contributed by atoms with E-state index in [1.54, 1.807) is 12.1 Å². The first-order valence-corrected chi connectivity index (χ1v) is 6.11. The number of hydrogen-bond donors (Lipinski definition) is 2. The first-order chi connectivity index (χ1) is 8.74. The Balaban J connectivity index is 0.00000180. The molecule has 0 heterocycles. The van der Waals surface area contributed by atoms with Crippen molar-refractivity contribution in [2.45, 2.75) is 6.42 Å². The van der Waals surface area contributed by atoms with Crippen molar-refractivity contribution >= 4 is 29.7 Å². The zero-order valence-corrected chi connectivity index (χ0v) is 11.8. The summed E-state index contributed by atoms with van der Waals surface area (Å²) < 4.78 is 12.7. The Labute approximate surface area is 123 Å². The Morgan fingerprint density at radius 3 is 2.21 bits per heavy atom. The van der Waals surface area contributed by atoms with Crippen molar-refractivity contribution in [2.24, 2.45) is 0 Å². The lowest BCUT2D eigenvalue weighted by Gasteiger charge is -2.08. The normalized spacial score (nSPS) is 9.79. The number of hydrazine groups is 1. The second kappa shape index (κ2) is 8.00. The lowest BCUT2D eigenvalue weighted by atomic mass is 10.1. The van der Waals surface area contributed by atoms with Crippen LogP contribution < -0.4 is 10.9 Å². The van der Waals surface area contributed by atoms with Gasteiger partial charge in [-0.15, -0.1) is 12.4 Å². The van der Waals surface area contributed by atoms with Gasteiger partial charge in [0.15, 0.2) is 0 Å². The summed E-state index contributed by atoms with van der Waals surface area (Å²) in [5.41, 5.74) is 8.15. The third-order valence-corrected chi connectivity index (χ3v) is 2.78. The topological polar surface area (TPSA) is 24.1 Å². The molecule has 0 aliphatic heterocycles. The highest BCUT2D eigenvalue weighted by atomic mass is 35.5. The zero-order chi connectivity index (χ0) is 12.8. The molecule has 2 nitrogen and oxygen atoms in total. The first-order valence-electron chi connectivity index (χ1n) is 5.73. The third kappa shape index (κ3) is 5.47. The molecule has 2 N–H and O–H groups in total. The van der Waals surface area contributed by atoms with Crippen molar-refractivity contribution in [3.63, 3.8) is 0 Å². The molecule has 0 bridgehead atoms. The van der Waals surface area contributed by atoms with Crippen molar-refractivity contribution in [3.05, 3.63) is 64.9 Å². The van der Waals surface area contributed by atoms with Crippen molar-refractivity contribution in [1.82, 2.24) is 5.43 Å². The maximum absolute atomic E-state index is 12.7. The zero-order valence-electron chi connectivity index (χ0n) is 10.2. The minimum atomic E-state index is -0.235. The van der Waals surface area contributed by atoms with Crippen LogP contribution in [0.1, 0.15) is 5.56 Å². The molecule has 0 fully saturated rings. The summed E-state index contributed by atoms with van der Waals surface area (Å²) in [6, 6.07) is 14.0. The summed E-state index contributed by atoms with van der Waals surface area (Å²) in [5, 5.41) is 0.746. The summed E-state index contributed by atoms with van der Waals surface area (Å²) >= 11 is 5.81. The van der Waals surface area contributed by atoms with Crippen molar-refractivity contribution in [2.75, 3.05) is 12.0 Å². The second-order valence-corrected chi connectivity index (χ2v) is 4.37. The molecule has 2 aromatic carbocycles. The molecule has 0 atom stereocenters. The Morgan fingerprint density at radius 1 is 0.947 bits per heavy atom. The quantitative estimate of drug-likeness (QED) is 0.643. The van der Waals surface area contributed by atoms with E-state index in [0.717, 1.165) is 23.7 Å². The van der Waals surface area contributed by atoms with Gasteiger partial charge in [-0.2, -0.15) is 0 Å². The van der Waals surface area contributed by atoms with Crippen molar-refractivity contribution < 1.29 is 4.39 Å². The molecule has 0 spiro atoms. The van der Waals surface area contributed by atoms with Gasteiger partial charge in [-0.3, -0.25) is 0 Å². The van der Waals surface area contributed by atoms with Gasteiger partial charge in [0.05, 0.1) is 0 Å². The van der Waals surface area contributed by atoms with E-state index in [9.17, 15) is 4.39 Å². The molecule has 2 aromatic rings. The molecule has 0 unspecified atom stereocenters. The molecule has 0 radical (unpaired) electrons. The van der Waals surface area contributed by atoms with Crippen LogP contribution in [0.4, 0.5) is 10.1 Å². The van der Waals surface area contributed by atoms with Gasteiger partial charge in [-0.05, 0) is 48.4 Å². The SMILES string of the molecule is Cl.Fc1ccc(NNCCc2ccc(Cl)cc2)cc1. The molecule has 0 saturated carbocycles. The van der Waals surface area contributed by atoms with Crippen LogP contribution in [0.3, 0.4) is 0 Å². The fourth-order valence-electron chi connectivity index (χ4n) is 1.56. The van der Waals surface area contributed by atoms with Gasteiger partial charge >= 0.3 is 0 Å². The maximum Gasteiger partial charge on any atom is 0.123 e. The van der Waals surface area contributed by atoms with Crippen LogP contribution in [0.2, 0.25) is 5.02 Å². The summed E-state index contributed by atoms with van der Waals surface area (Å²) in [5.74, 6) is -0.235. The molecule has 19 heavy (non-hydrogen) atoms. The van der Waals surface area contributed by atoms with E-state index in [1.165, 1.54) is 17.7 Å². The fraction of sp³-hybridized carbons (Fsp3) is 0.143. The van der Waals surface area contributed by atoms with E-state index < -0.39 is 0 Å². The highest BCUT2D eigenvalue weighted by Crippen LogP contribution is 2.10. The van der Waals surface area contributed by atoms with E-state index in [-0.39, 0.29) is 18.2 Å². The molecular formula is C14H15Cl2FN2. The van der Waals surface area contributed by atoms with Crippen molar-refractivity contribution in [3.8, 4) is 0 Å². The molecule has 5 heteroatoms. The van der Waals surface area contributed by atoms with E-state index in [1.807, 2.05) is 24.3 Å². The third-order valence-electron chi connectivity index (χ3n) is 2.53. The number of hydrogen-bond acceptors (Lipinski definition) is 2. The van der Waals surface area contributed by atoms with E-state index in [0.29, 0.717) is 0 Å². The Kier molecular flexibility index (Phi) is 6.64. The molecule has 0 saturated heterocycles. The molecular weight excluding hydrogens is 286 g/mol. The summed E-state index contributed by atoms with van der Waals surface area (Å²) in [7, 11) is 0. The molecule has 0 amide bonds. The summed E-state index contributed by atoms with van der Waals surface area (Å²) in [6.45, 7) is 0.777. The lowest BCUT2D eigenvalue weighted by molar-refractivity contribution is 0.628. The monoisotopic (exact) mass is 300 g/mol.